The smallest absolute Gasteiger partial charge is 0.264 e. The molecule has 0 heterocycles. The fourth-order valence-corrected chi connectivity index (χ4v) is 3.09. The highest BCUT2D eigenvalue weighted by Crippen LogP contribution is 2.27. The van der Waals surface area contributed by atoms with E-state index in [1.165, 1.54) is 24.8 Å². The van der Waals surface area contributed by atoms with Crippen LogP contribution < -0.4 is 15.4 Å². The summed E-state index contributed by atoms with van der Waals surface area (Å²) in [6.45, 7) is 0.545. The van der Waals surface area contributed by atoms with Crippen LogP contribution in [0.15, 0.2) is 29.8 Å². The second kappa shape index (κ2) is 9.87. The Morgan fingerprint density at radius 2 is 2.12 bits per heavy atom. The van der Waals surface area contributed by atoms with Gasteiger partial charge in [-0.15, -0.1) is 0 Å². The number of hydrogen-bond donors (Lipinski definition) is 2. The fourth-order valence-electron chi connectivity index (χ4n) is 2.41. The summed E-state index contributed by atoms with van der Waals surface area (Å²) in [6.07, 6.45) is 8.13. The molecule has 0 saturated heterocycles. The second-order valence-electron chi connectivity index (χ2n) is 5.53. The molecule has 0 atom stereocenters. The Hall–Kier alpha value is -1.30. The first kappa shape index (κ1) is 19.0. The summed E-state index contributed by atoms with van der Waals surface area (Å²) < 4.78 is 5.35. The van der Waals surface area contributed by atoms with E-state index in [1.807, 2.05) is 0 Å². The van der Waals surface area contributed by atoms with E-state index in [-0.39, 0.29) is 12.5 Å². The maximum atomic E-state index is 11.8. The van der Waals surface area contributed by atoms with Gasteiger partial charge in [0.15, 0.2) is 11.7 Å². The number of halogens is 2. The third kappa shape index (κ3) is 6.67. The normalized spacial score (nSPS) is 13.8. The third-order valence-corrected chi connectivity index (χ3v) is 4.40. The van der Waals surface area contributed by atoms with Crippen molar-refractivity contribution in [2.24, 2.45) is 0 Å². The monoisotopic (exact) mass is 386 g/mol. The van der Waals surface area contributed by atoms with Gasteiger partial charge in [-0.3, -0.25) is 4.79 Å². The van der Waals surface area contributed by atoms with E-state index in [9.17, 15) is 4.79 Å². The lowest BCUT2D eigenvalue weighted by Crippen LogP contribution is -2.41. The average molecular weight is 387 g/mol. The minimum Gasteiger partial charge on any atom is -0.482 e. The van der Waals surface area contributed by atoms with E-state index < -0.39 is 0 Å². The number of rotatable bonds is 6. The molecular formula is C17H20Cl2N2O2S. The Bertz CT molecular complexity index is 635. The number of allylic oxidation sites excluding steroid dienone is 1. The molecule has 0 radical (unpaired) electrons. The molecule has 2 N–H and O–H groups in total. The predicted molar refractivity (Wildman–Crippen MR) is 102 cm³/mol. The van der Waals surface area contributed by atoms with Crippen molar-refractivity contribution in [3.63, 3.8) is 0 Å². The standard InChI is InChI=1S/C17H20Cl2N2O2S/c18-13-6-7-15(14(19)10-13)23-11-16(22)21-17(24)20-9-8-12-4-2-1-3-5-12/h4,6-7,10H,1-3,5,8-9,11H2,(H2,20,21,22,24). The van der Waals surface area contributed by atoms with E-state index in [1.54, 1.807) is 18.2 Å². The molecule has 0 aromatic heterocycles. The Morgan fingerprint density at radius 1 is 1.29 bits per heavy atom. The quantitative estimate of drug-likeness (QED) is 0.566. The van der Waals surface area contributed by atoms with Crippen LogP contribution in [0.25, 0.3) is 0 Å². The van der Waals surface area contributed by atoms with Gasteiger partial charge in [0.1, 0.15) is 5.75 Å². The van der Waals surface area contributed by atoms with Crippen LogP contribution >= 0.6 is 35.4 Å². The summed E-state index contributed by atoms with van der Waals surface area (Å²) in [7, 11) is 0. The number of hydrogen-bond acceptors (Lipinski definition) is 3. The van der Waals surface area contributed by atoms with E-state index in [0.717, 1.165) is 19.4 Å². The SMILES string of the molecule is O=C(COc1ccc(Cl)cc1Cl)NC(=S)NCCC1=CCCCC1. The van der Waals surface area contributed by atoms with Crippen molar-refractivity contribution in [3.8, 4) is 5.75 Å². The molecule has 0 saturated carbocycles. The summed E-state index contributed by atoms with van der Waals surface area (Å²) in [6, 6.07) is 4.82. The molecule has 1 aliphatic rings. The Kier molecular flexibility index (Phi) is 7.82. The van der Waals surface area contributed by atoms with Crippen molar-refractivity contribution in [1.29, 1.82) is 0 Å². The molecule has 0 aliphatic heterocycles. The molecule has 0 bridgehead atoms. The van der Waals surface area contributed by atoms with Crippen molar-refractivity contribution in [1.82, 2.24) is 10.6 Å². The zero-order valence-corrected chi connectivity index (χ0v) is 15.6. The maximum absolute atomic E-state index is 11.8. The van der Waals surface area contributed by atoms with Crippen LogP contribution in [0.4, 0.5) is 0 Å². The van der Waals surface area contributed by atoms with Gasteiger partial charge in [0, 0.05) is 11.6 Å². The number of amides is 1. The van der Waals surface area contributed by atoms with Gasteiger partial charge >= 0.3 is 0 Å². The van der Waals surface area contributed by atoms with E-state index in [2.05, 4.69) is 16.7 Å². The first-order valence-corrected chi connectivity index (χ1v) is 9.04. The van der Waals surface area contributed by atoms with Crippen LogP contribution in [0.5, 0.6) is 5.75 Å². The summed E-state index contributed by atoms with van der Waals surface area (Å²) in [5, 5.41) is 6.80. The van der Waals surface area contributed by atoms with Gasteiger partial charge in [0.05, 0.1) is 5.02 Å². The second-order valence-corrected chi connectivity index (χ2v) is 6.78. The topological polar surface area (TPSA) is 50.4 Å². The Morgan fingerprint density at radius 3 is 2.83 bits per heavy atom. The molecule has 2 rings (SSSR count). The predicted octanol–water partition coefficient (Wildman–Crippen LogP) is 4.25. The first-order chi connectivity index (χ1) is 11.5. The zero-order valence-electron chi connectivity index (χ0n) is 13.2. The molecule has 1 aliphatic carbocycles. The van der Waals surface area contributed by atoms with Crippen molar-refractivity contribution in [2.45, 2.75) is 32.1 Å². The van der Waals surface area contributed by atoms with Gasteiger partial charge in [-0.1, -0.05) is 34.9 Å². The van der Waals surface area contributed by atoms with Crippen molar-refractivity contribution >= 4 is 46.4 Å². The van der Waals surface area contributed by atoms with Crippen molar-refractivity contribution in [3.05, 3.63) is 39.9 Å². The molecule has 1 aromatic rings. The van der Waals surface area contributed by atoms with Gasteiger partial charge in [0.25, 0.3) is 5.91 Å². The summed E-state index contributed by atoms with van der Waals surface area (Å²) in [5.74, 6) is 0.0646. The van der Waals surface area contributed by atoms with Crippen molar-refractivity contribution in [2.75, 3.05) is 13.2 Å². The number of carbonyl (C=O) groups is 1. The van der Waals surface area contributed by atoms with Crippen LogP contribution in [0.2, 0.25) is 10.0 Å². The van der Waals surface area contributed by atoms with Crippen LogP contribution in [0, 0.1) is 0 Å². The fraction of sp³-hybridized carbons (Fsp3) is 0.412. The lowest BCUT2D eigenvalue weighted by atomic mass is 9.97. The minimum absolute atomic E-state index is 0.172. The van der Waals surface area contributed by atoms with Gasteiger partial charge in [0.2, 0.25) is 0 Å². The Labute approximate surface area is 157 Å². The average Bonchev–Trinajstić information content (AvgIpc) is 2.55. The molecule has 24 heavy (non-hydrogen) atoms. The van der Waals surface area contributed by atoms with E-state index >= 15 is 0 Å². The highest BCUT2D eigenvalue weighted by molar-refractivity contribution is 7.80. The number of carbonyl (C=O) groups excluding carboxylic acids is 1. The molecule has 1 amide bonds. The van der Waals surface area contributed by atoms with Crippen molar-refractivity contribution < 1.29 is 9.53 Å². The van der Waals surface area contributed by atoms with Gasteiger partial charge in [-0.05, 0) is 62.5 Å². The number of nitrogens with one attached hydrogen (secondary N) is 2. The lowest BCUT2D eigenvalue weighted by molar-refractivity contribution is -0.121. The first-order valence-electron chi connectivity index (χ1n) is 7.88. The van der Waals surface area contributed by atoms with Gasteiger partial charge in [-0.25, -0.2) is 0 Å². The molecule has 0 unspecified atom stereocenters. The van der Waals surface area contributed by atoms with Crippen LogP contribution in [0.1, 0.15) is 32.1 Å². The molecule has 4 nitrogen and oxygen atoms in total. The highest BCUT2D eigenvalue weighted by Gasteiger charge is 2.09. The molecule has 1 aromatic carbocycles. The van der Waals surface area contributed by atoms with Crippen LogP contribution in [-0.2, 0) is 4.79 Å². The number of ether oxygens (including phenoxy) is 1. The maximum Gasteiger partial charge on any atom is 0.264 e. The summed E-state index contributed by atoms with van der Waals surface area (Å²) >= 11 is 16.9. The zero-order chi connectivity index (χ0) is 17.4. The molecule has 7 heteroatoms. The van der Waals surface area contributed by atoms with E-state index in [4.69, 9.17) is 40.2 Å². The van der Waals surface area contributed by atoms with Gasteiger partial charge < -0.3 is 15.4 Å². The highest BCUT2D eigenvalue weighted by atomic mass is 35.5. The Balaban J connectivity index is 1.66. The van der Waals surface area contributed by atoms with E-state index in [0.29, 0.717) is 20.9 Å². The molecular weight excluding hydrogens is 367 g/mol. The number of benzene rings is 1. The lowest BCUT2D eigenvalue weighted by Gasteiger charge is -2.14. The number of thiocarbonyl (C=S) groups is 1. The molecule has 130 valence electrons. The summed E-state index contributed by atoms with van der Waals surface area (Å²) in [4.78, 5) is 11.8. The molecule has 0 spiro atoms. The van der Waals surface area contributed by atoms with Crippen LogP contribution in [-0.4, -0.2) is 24.2 Å². The minimum atomic E-state index is -0.338. The molecule has 0 fully saturated rings. The summed E-state index contributed by atoms with van der Waals surface area (Å²) in [5.41, 5.74) is 1.46. The van der Waals surface area contributed by atoms with Crippen LogP contribution in [0.3, 0.4) is 0 Å². The largest absolute Gasteiger partial charge is 0.482 e. The van der Waals surface area contributed by atoms with Gasteiger partial charge in [-0.2, -0.15) is 0 Å². The third-order valence-electron chi connectivity index (χ3n) is 3.62.